The van der Waals surface area contributed by atoms with Crippen molar-refractivity contribution < 1.29 is 149 Å². The van der Waals surface area contributed by atoms with Crippen LogP contribution in [0.3, 0.4) is 0 Å². The van der Waals surface area contributed by atoms with E-state index in [4.69, 9.17) is 4.55 Å². The van der Waals surface area contributed by atoms with Gasteiger partial charge in [-0.1, -0.05) is 0 Å². The molecular weight excluding hydrogens is 846 g/mol. The molecule has 0 fully saturated rings. The Bertz CT molecular complexity index is 1360. The largest absolute Gasteiger partial charge is 0.460 e. The molecule has 0 aliphatic carbocycles. The topological polar surface area (TPSA) is 63.6 Å². The summed E-state index contributed by atoms with van der Waals surface area (Å²) in [5.41, 5.74) is 0. The minimum atomic E-state index is -10.1. The molecule has 0 heterocycles. The lowest BCUT2D eigenvalue weighted by Crippen LogP contribution is -2.78. The van der Waals surface area contributed by atoms with Crippen molar-refractivity contribution in [1.29, 1.82) is 0 Å². The van der Waals surface area contributed by atoms with Gasteiger partial charge < -0.3 is 0 Å². The molecule has 1 N–H and O–H groups in total. The zero-order chi connectivity index (χ0) is 41.8. The highest BCUT2D eigenvalue weighted by Crippen LogP contribution is 2.68. The van der Waals surface area contributed by atoms with E-state index in [1.165, 1.54) is 0 Å². The molecule has 35 heteroatoms. The van der Waals surface area contributed by atoms with Crippen molar-refractivity contribution in [2.24, 2.45) is 0 Å². The molecule has 0 bridgehead atoms. The minimum absolute atomic E-state index is 0.853. The van der Waals surface area contributed by atoms with E-state index in [-0.39, 0.29) is 0 Å². The van der Waals surface area contributed by atoms with Crippen LogP contribution >= 0.6 is 0 Å². The second-order valence-electron chi connectivity index (χ2n) is 8.80. The van der Waals surface area contributed by atoms with E-state index in [2.05, 4.69) is 0 Å². The number of hydrogen-bond donors (Lipinski definition) is 1. The van der Waals surface area contributed by atoms with Crippen LogP contribution in [0.25, 0.3) is 0 Å². The third-order valence-electron chi connectivity index (χ3n) is 5.53. The summed E-state index contributed by atoms with van der Waals surface area (Å²) in [5, 5.41) is -7.81. The zero-order valence-corrected chi connectivity index (χ0v) is 21.8. The molecule has 0 aliphatic rings. The molecule has 0 atom stereocenters. The first-order chi connectivity index (χ1) is 20.9. The minimum Gasteiger partial charge on any atom is -0.281 e. The Morgan fingerprint density at radius 1 is 0.360 bits per heavy atom. The van der Waals surface area contributed by atoms with Gasteiger partial charge in [0, 0.05) is 0 Å². The van der Waals surface area contributed by atoms with Crippen LogP contribution in [0.1, 0.15) is 0 Å². The summed E-state index contributed by atoms with van der Waals surface area (Å²) in [6.07, 6.45) is -23.5. The van der Waals surface area contributed by atoms with Gasteiger partial charge in [-0.3, -0.25) is 4.55 Å². The second-order valence-corrected chi connectivity index (χ2v) is 10.3. The van der Waals surface area contributed by atoms with Crippen molar-refractivity contribution in [3.8, 4) is 0 Å². The summed E-state index contributed by atoms with van der Waals surface area (Å²) in [6, 6.07) is 0. The molecule has 0 aromatic rings. The second kappa shape index (κ2) is 11.6. The van der Waals surface area contributed by atoms with Crippen LogP contribution in [0.2, 0.25) is 0 Å². The fourth-order valence-corrected chi connectivity index (χ4v) is 2.88. The van der Waals surface area contributed by atoms with Gasteiger partial charge in [0.15, 0.2) is 0 Å². The van der Waals surface area contributed by atoms with Crippen molar-refractivity contribution in [1.82, 2.24) is 0 Å². The molecule has 0 aliphatic heterocycles. The summed E-state index contributed by atoms with van der Waals surface area (Å²) in [5.74, 6) is -105. The molecule has 0 rings (SSSR count). The van der Waals surface area contributed by atoms with E-state index in [9.17, 15) is 140 Å². The van der Waals surface area contributed by atoms with E-state index in [1.54, 1.807) is 0 Å². The lowest BCUT2D eigenvalue weighted by molar-refractivity contribution is -0.508. The first kappa shape index (κ1) is 47.8. The molecule has 50 heavy (non-hydrogen) atoms. The van der Waals surface area contributed by atoms with Gasteiger partial charge >= 0.3 is 99.2 Å². The highest BCUT2D eigenvalue weighted by Gasteiger charge is 3.00. The Hall–Kier alpha value is -2.23. The zero-order valence-electron chi connectivity index (χ0n) is 21.0. The van der Waals surface area contributed by atoms with Crippen LogP contribution in [-0.4, -0.2) is 102 Å². The molecule has 302 valence electrons. The molecule has 0 aromatic heterocycles. The van der Waals surface area contributed by atoms with Gasteiger partial charge in [0.2, 0.25) is 0 Å². The molecule has 0 saturated heterocycles. The first-order valence-electron chi connectivity index (χ1n) is 10.1. The van der Waals surface area contributed by atoms with Crippen LogP contribution in [0.5, 0.6) is 0 Å². The molecule has 0 unspecified atom stereocenters. The monoisotopic (exact) mass is 848 g/mol. The van der Waals surface area contributed by atoms with E-state index < -0.39 is 99.2 Å². The number of halogens is 30. The number of ether oxygens (including phenoxy) is 1. The third kappa shape index (κ3) is 5.71. The maximum atomic E-state index is 13.7. The van der Waals surface area contributed by atoms with Crippen LogP contribution in [0.4, 0.5) is 132 Å². The van der Waals surface area contributed by atoms with Crippen LogP contribution in [-0.2, 0) is 14.9 Å². The van der Waals surface area contributed by atoms with E-state index >= 15 is 0 Å². The Morgan fingerprint density at radius 3 is 0.760 bits per heavy atom. The molecule has 0 spiro atoms. The lowest BCUT2D eigenvalue weighted by Gasteiger charge is -2.46. The summed E-state index contributed by atoms with van der Waals surface area (Å²) >= 11 is 0. The van der Waals surface area contributed by atoms with Crippen molar-refractivity contribution >= 4 is 10.1 Å². The Labute approximate surface area is 250 Å². The fraction of sp³-hybridized carbons (Fsp3) is 1.00. The van der Waals surface area contributed by atoms with Gasteiger partial charge in [-0.2, -0.15) is 131 Å². The van der Waals surface area contributed by atoms with Crippen LogP contribution < -0.4 is 0 Å². The van der Waals surface area contributed by atoms with Gasteiger partial charge in [0.05, 0.1) is 0 Å². The first-order valence-corrected chi connectivity index (χ1v) is 11.6. The van der Waals surface area contributed by atoms with Gasteiger partial charge in [0.1, 0.15) is 0 Å². The van der Waals surface area contributed by atoms with Gasteiger partial charge in [-0.15, -0.1) is 0 Å². The van der Waals surface area contributed by atoms with Gasteiger partial charge in [-0.25, -0.2) is 13.5 Å². The highest BCUT2D eigenvalue weighted by molar-refractivity contribution is 7.86. The average Bonchev–Trinajstić information content (AvgIpc) is 2.85. The summed E-state index contributed by atoms with van der Waals surface area (Å²) < 4.78 is 428. The standard InChI is InChI=1S/C15H2F30O4S/c16-1(17)2(18,19)3(20,21)4(22,23)5(24,25)6(26,27)7(28,29)8(30,31)9(32,33)10(34,35)11(36,37)12(38,39)13(40,41)49-14(42,43)15(44,45)50(46,47)48/h1H,(H,46,47,48). The maximum Gasteiger partial charge on any atom is 0.460 e. The van der Waals surface area contributed by atoms with E-state index in [1.807, 2.05) is 0 Å². The molecular formula is C15H2F30O4S. The van der Waals surface area contributed by atoms with Crippen LogP contribution in [0, 0.1) is 0 Å². The Balaban J connectivity index is 7.51. The molecule has 0 aromatic carbocycles. The predicted octanol–water partition coefficient (Wildman–Crippen LogP) is 8.92. The van der Waals surface area contributed by atoms with Crippen LogP contribution in [0.15, 0.2) is 0 Å². The van der Waals surface area contributed by atoms with E-state index in [0.717, 1.165) is 4.74 Å². The quantitative estimate of drug-likeness (QED) is 0.125. The average molecular weight is 848 g/mol. The summed E-state index contributed by atoms with van der Waals surface area (Å²) in [4.78, 5) is 0. The van der Waals surface area contributed by atoms with Crippen molar-refractivity contribution in [3.63, 3.8) is 0 Å². The smallest absolute Gasteiger partial charge is 0.281 e. The lowest BCUT2D eigenvalue weighted by atomic mass is 9.84. The predicted molar refractivity (Wildman–Crippen MR) is 87.9 cm³/mol. The maximum absolute atomic E-state index is 13.7. The van der Waals surface area contributed by atoms with Crippen molar-refractivity contribution in [3.05, 3.63) is 0 Å². The van der Waals surface area contributed by atoms with Crippen molar-refractivity contribution in [2.45, 2.75) is 89.0 Å². The molecule has 0 amide bonds. The summed E-state index contributed by atoms with van der Waals surface area (Å²) in [7, 11) is -8.00. The normalized spacial score (nSPS) is 17.1. The number of alkyl halides is 30. The Kier molecular flexibility index (Phi) is 11.1. The van der Waals surface area contributed by atoms with Gasteiger partial charge in [-0.05, 0) is 0 Å². The third-order valence-corrected chi connectivity index (χ3v) is 6.41. The fourth-order valence-electron chi connectivity index (χ4n) is 2.54. The molecule has 0 saturated carbocycles. The highest BCUT2D eigenvalue weighted by atomic mass is 32.2. The number of hydrogen-bond acceptors (Lipinski definition) is 3. The number of rotatable bonds is 16. The van der Waals surface area contributed by atoms with Gasteiger partial charge in [0.25, 0.3) is 0 Å². The van der Waals surface area contributed by atoms with E-state index in [0.29, 0.717) is 0 Å². The Morgan fingerprint density at radius 2 is 0.560 bits per heavy atom. The molecule has 0 radical (unpaired) electrons. The SMILES string of the molecule is O=S(=O)(O)C(F)(F)C(F)(F)OC(F)(F)C(F)(F)C(F)(F)C(F)(F)C(F)(F)C(F)(F)C(F)(F)C(F)(F)C(F)(F)C(F)(F)C(F)(F)C(F)(F)C(F)F. The summed E-state index contributed by atoms with van der Waals surface area (Å²) in [6.45, 7) is 0. The van der Waals surface area contributed by atoms with Crippen molar-refractivity contribution in [2.75, 3.05) is 0 Å². The molecule has 4 nitrogen and oxygen atoms in total.